The van der Waals surface area contributed by atoms with Crippen molar-refractivity contribution in [3.05, 3.63) is 52.9 Å². The first kappa shape index (κ1) is 57.1. The summed E-state index contributed by atoms with van der Waals surface area (Å²) in [5.41, 5.74) is 0. The summed E-state index contributed by atoms with van der Waals surface area (Å²) in [7, 11) is 0. The van der Waals surface area contributed by atoms with Crippen molar-refractivity contribution in [2.75, 3.05) is 0 Å². The molecule has 0 rings (SSSR count). The van der Waals surface area contributed by atoms with E-state index in [1.165, 1.54) is 0 Å². The Labute approximate surface area is 92.9 Å². The zero-order chi connectivity index (χ0) is 12.0. The van der Waals surface area contributed by atoms with Gasteiger partial charge in [-0.2, -0.15) is 0 Å². The fraction of sp³-hybridized carbons (Fsp3) is 0. The fourth-order valence-corrected chi connectivity index (χ4v) is 0. The molecule has 0 bridgehead atoms. The minimum absolute atomic E-state index is 0. The van der Waals surface area contributed by atoms with Gasteiger partial charge in [-0.3, -0.25) is 0 Å². The summed E-state index contributed by atoms with van der Waals surface area (Å²) >= 11 is 0. The van der Waals surface area contributed by atoms with E-state index >= 15 is 0 Å². The third-order valence-electron chi connectivity index (χ3n) is 0. The SMILES string of the molecule is C=C.C=C.[C-]#[O+].[C-]#[O+].[C-]#[O+].[C-]#[O+].[Mo]. The molecule has 0 aliphatic rings. The Hall–Kier alpha value is -0.872. The molecule has 0 aliphatic heterocycles. The zero-order valence-corrected chi connectivity index (χ0v) is 8.88. The van der Waals surface area contributed by atoms with Crippen molar-refractivity contribution in [3.8, 4) is 0 Å². The maximum Gasteiger partial charge on any atom is 0 e. The van der Waals surface area contributed by atoms with Gasteiger partial charge in [0, 0.05) is 21.1 Å². The molecule has 0 amide bonds. The van der Waals surface area contributed by atoms with Crippen molar-refractivity contribution < 1.29 is 39.7 Å². The molecule has 0 aromatic carbocycles. The zero-order valence-electron chi connectivity index (χ0n) is 6.87. The van der Waals surface area contributed by atoms with Crippen molar-refractivity contribution in [1.82, 2.24) is 0 Å². The van der Waals surface area contributed by atoms with Crippen LogP contribution in [0, 0.1) is 26.6 Å². The van der Waals surface area contributed by atoms with Gasteiger partial charge in [0.15, 0.2) is 0 Å². The first-order valence-electron chi connectivity index (χ1n) is 1.82. The molecule has 0 N–H and O–H groups in total. The summed E-state index contributed by atoms with van der Waals surface area (Å²) < 4.78 is 30.0. The third kappa shape index (κ3) is 1220. The predicted molar refractivity (Wildman–Crippen MR) is 38.2 cm³/mol. The monoisotopic (exact) mass is 266 g/mol. The van der Waals surface area contributed by atoms with Gasteiger partial charge in [-0.1, -0.05) is 0 Å². The number of hydrogen-bond donors (Lipinski definition) is 0. The molecule has 0 unspecified atom stereocenters. The van der Waals surface area contributed by atoms with Crippen LogP contribution < -0.4 is 0 Å². The van der Waals surface area contributed by atoms with E-state index in [1.807, 2.05) is 0 Å². The molecule has 0 aromatic rings. The molecule has 0 saturated heterocycles. The van der Waals surface area contributed by atoms with Gasteiger partial charge >= 0.3 is 45.2 Å². The van der Waals surface area contributed by atoms with Crippen LogP contribution in [-0.4, -0.2) is 0 Å². The van der Waals surface area contributed by atoms with Gasteiger partial charge in [0.2, 0.25) is 0 Å². The first-order chi connectivity index (χ1) is 6.00. The van der Waals surface area contributed by atoms with Crippen LogP contribution in [0.5, 0.6) is 0 Å². The van der Waals surface area contributed by atoms with E-state index in [9.17, 15) is 0 Å². The summed E-state index contributed by atoms with van der Waals surface area (Å²) in [6.45, 7) is 30.0. The van der Waals surface area contributed by atoms with E-state index in [4.69, 9.17) is 18.6 Å². The maximum atomic E-state index is 7.50. The smallest absolute Gasteiger partial charge is 0 e. The maximum absolute atomic E-state index is 7.50. The Balaban J connectivity index is -0.00000000655. The molecule has 13 heavy (non-hydrogen) atoms. The quantitative estimate of drug-likeness (QED) is 0.275. The van der Waals surface area contributed by atoms with Gasteiger partial charge in [0.25, 0.3) is 0 Å². The van der Waals surface area contributed by atoms with Crippen molar-refractivity contribution in [2.45, 2.75) is 0 Å². The van der Waals surface area contributed by atoms with Crippen LogP contribution in [0.4, 0.5) is 0 Å². The van der Waals surface area contributed by atoms with Crippen LogP contribution in [0.3, 0.4) is 0 Å². The Morgan fingerprint density at radius 1 is 0.462 bits per heavy atom. The molecular formula is C8H8MoO4. The average Bonchev–Trinajstić information content (AvgIpc) is 2.33. The molecule has 0 fully saturated rings. The van der Waals surface area contributed by atoms with Gasteiger partial charge in [-0.25, -0.2) is 0 Å². The van der Waals surface area contributed by atoms with Crippen molar-refractivity contribution >= 4 is 0 Å². The number of rotatable bonds is 0. The van der Waals surface area contributed by atoms with Gasteiger partial charge in [-0.15, -0.1) is 26.3 Å². The van der Waals surface area contributed by atoms with E-state index in [1.54, 1.807) is 0 Å². The molecule has 0 atom stereocenters. The Morgan fingerprint density at radius 3 is 0.462 bits per heavy atom. The second kappa shape index (κ2) is 1500. The van der Waals surface area contributed by atoms with Crippen LogP contribution >= 0.6 is 0 Å². The van der Waals surface area contributed by atoms with E-state index < -0.39 is 0 Å². The summed E-state index contributed by atoms with van der Waals surface area (Å²) in [6.07, 6.45) is 0. The molecule has 0 spiro atoms. The summed E-state index contributed by atoms with van der Waals surface area (Å²) in [6, 6.07) is 0. The minimum atomic E-state index is 0. The second-order valence-corrected chi connectivity index (χ2v) is 0. The molecule has 0 saturated carbocycles. The summed E-state index contributed by atoms with van der Waals surface area (Å²) in [5.74, 6) is 0. The van der Waals surface area contributed by atoms with Gasteiger partial charge in [-0.05, 0) is 0 Å². The molecule has 0 aromatic heterocycles. The summed E-state index contributed by atoms with van der Waals surface area (Å²) in [4.78, 5) is 0. The Bertz CT molecular complexity index is 77.7. The molecule has 70 valence electrons. The van der Waals surface area contributed by atoms with Crippen LogP contribution in [-0.2, 0) is 39.7 Å². The largest absolute Gasteiger partial charge is 0 e. The van der Waals surface area contributed by atoms with Crippen LogP contribution in [0.15, 0.2) is 26.3 Å². The van der Waals surface area contributed by atoms with Gasteiger partial charge in [0.1, 0.15) is 0 Å². The van der Waals surface area contributed by atoms with E-state index in [-0.39, 0.29) is 21.1 Å². The third-order valence-corrected chi connectivity index (χ3v) is 0. The van der Waals surface area contributed by atoms with Crippen LogP contribution in [0.1, 0.15) is 0 Å². The normalized spacial score (nSPS) is 1.23. The standard InChI is InChI=1S/2C2H4.4CO.Mo/c6*1-2;/h2*1-2H2;;;;;. The van der Waals surface area contributed by atoms with Gasteiger partial charge in [0.05, 0.1) is 0 Å². The van der Waals surface area contributed by atoms with E-state index in [0.717, 1.165) is 0 Å². The van der Waals surface area contributed by atoms with Crippen LogP contribution in [0.2, 0.25) is 0 Å². The Kier molecular flexibility index (Phi) is 6600. The van der Waals surface area contributed by atoms with Crippen molar-refractivity contribution in [2.24, 2.45) is 0 Å². The molecule has 5 heteroatoms. The molecule has 0 radical (unpaired) electrons. The van der Waals surface area contributed by atoms with Gasteiger partial charge < -0.3 is 0 Å². The van der Waals surface area contributed by atoms with Crippen molar-refractivity contribution in [3.63, 3.8) is 0 Å². The molecular weight excluding hydrogens is 256 g/mol. The second-order valence-electron chi connectivity index (χ2n) is 0. The van der Waals surface area contributed by atoms with Crippen molar-refractivity contribution in [1.29, 1.82) is 0 Å². The summed E-state index contributed by atoms with van der Waals surface area (Å²) in [5, 5.41) is 0. The van der Waals surface area contributed by atoms with E-state index in [2.05, 4.69) is 52.9 Å². The van der Waals surface area contributed by atoms with Crippen LogP contribution in [0.25, 0.3) is 0 Å². The minimum Gasteiger partial charge on any atom is 0 e. The molecule has 0 heterocycles. The predicted octanol–water partition coefficient (Wildman–Crippen LogP) is 1.45. The first-order valence-corrected chi connectivity index (χ1v) is 1.82. The number of hydrogen-bond acceptors (Lipinski definition) is 0. The van der Waals surface area contributed by atoms with E-state index in [0.29, 0.717) is 0 Å². The fourth-order valence-electron chi connectivity index (χ4n) is 0. The molecule has 4 nitrogen and oxygen atoms in total. The average molecular weight is 264 g/mol. The Morgan fingerprint density at radius 2 is 0.462 bits per heavy atom. The molecule has 0 aliphatic carbocycles. The topological polar surface area (TPSA) is 79.6 Å².